The number of aromatic nitrogens is 3. The van der Waals surface area contributed by atoms with Crippen LogP contribution in [0.3, 0.4) is 0 Å². The summed E-state index contributed by atoms with van der Waals surface area (Å²) in [5.74, 6) is -0.165. The Morgan fingerprint density at radius 2 is 2.14 bits per heavy atom. The van der Waals surface area contributed by atoms with Gasteiger partial charge in [0.25, 0.3) is 5.91 Å². The van der Waals surface area contributed by atoms with E-state index in [2.05, 4.69) is 41.6 Å². The Kier molecular flexibility index (Phi) is 4.46. The van der Waals surface area contributed by atoms with Crippen LogP contribution in [-0.2, 0) is 12.0 Å². The fourth-order valence-corrected chi connectivity index (χ4v) is 2.69. The van der Waals surface area contributed by atoms with Gasteiger partial charge in [0.15, 0.2) is 0 Å². The number of nitrogens with zero attached hydrogens (tertiary/aromatic N) is 3. The standard InChI is InChI=1S/C15H22N4OS/c1-10(2)19-7-6-11(18-19)14(20)16-8-13-17-12(9-21-13)15(3,4)5/h6-7,9-10H,8H2,1-5H3,(H,16,20). The lowest BCUT2D eigenvalue weighted by molar-refractivity contribution is 0.0945. The normalized spacial score (nSPS) is 11.9. The molecule has 0 saturated heterocycles. The molecular weight excluding hydrogens is 284 g/mol. The summed E-state index contributed by atoms with van der Waals surface area (Å²) in [5, 5.41) is 10.1. The van der Waals surface area contributed by atoms with Gasteiger partial charge in [0.2, 0.25) is 0 Å². The average molecular weight is 306 g/mol. The lowest BCUT2D eigenvalue weighted by Crippen LogP contribution is -2.23. The van der Waals surface area contributed by atoms with Crippen molar-refractivity contribution in [2.24, 2.45) is 0 Å². The highest BCUT2D eigenvalue weighted by Gasteiger charge is 2.18. The molecule has 0 aliphatic carbocycles. The molecule has 2 rings (SSSR count). The maximum absolute atomic E-state index is 12.0. The number of carbonyl (C=O) groups excluding carboxylic acids is 1. The second-order valence-electron chi connectivity index (χ2n) is 6.33. The Hall–Kier alpha value is -1.69. The minimum absolute atomic E-state index is 0.0365. The molecule has 1 amide bonds. The monoisotopic (exact) mass is 306 g/mol. The third-order valence-electron chi connectivity index (χ3n) is 3.09. The van der Waals surface area contributed by atoms with E-state index in [1.54, 1.807) is 22.1 Å². The Morgan fingerprint density at radius 1 is 1.43 bits per heavy atom. The average Bonchev–Trinajstić information content (AvgIpc) is 3.04. The summed E-state index contributed by atoms with van der Waals surface area (Å²) in [5.41, 5.74) is 1.53. The van der Waals surface area contributed by atoms with Crippen LogP contribution in [0.15, 0.2) is 17.6 Å². The van der Waals surface area contributed by atoms with Gasteiger partial charge in [0, 0.05) is 23.0 Å². The molecule has 0 aliphatic heterocycles. The highest BCUT2D eigenvalue weighted by Crippen LogP contribution is 2.23. The van der Waals surface area contributed by atoms with E-state index in [-0.39, 0.29) is 17.4 Å². The smallest absolute Gasteiger partial charge is 0.272 e. The van der Waals surface area contributed by atoms with Gasteiger partial charge in [0.1, 0.15) is 10.7 Å². The van der Waals surface area contributed by atoms with Crippen LogP contribution >= 0.6 is 11.3 Å². The number of rotatable bonds is 4. The number of carbonyl (C=O) groups is 1. The molecule has 6 heteroatoms. The molecule has 2 heterocycles. The first-order valence-corrected chi connectivity index (χ1v) is 7.93. The second-order valence-corrected chi connectivity index (χ2v) is 7.28. The third-order valence-corrected chi connectivity index (χ3v) is 3.94. The van der Waals surface area contributed by atoms with Crippen LogP contribution in [-0.4, -0.2) is 20.7 Å². The highest BCUT2D eigenvalue weighted by molar-refractivity contribution is 7.09. The van der Waals surface area contributed by atoms with Crippen molar-refractivity contribution in [2.75, 3.05) is 0 Å². The minimum atomic E-state index is -0.165. The Balaban J connectivity index is 1.96. The van der Waals surface area contributed by atoms with Gasteiger partial charge in [-0.3, -0.25) is 9.48 Å². The van der Waals surface area contributed by atoms with E-state index in [1.165, 1.54) is 0 Å². The zero-order valence-corrected chi connectivity index (χ0v) is 14.0. The predicted molar refractivity (Wildman–Crippen MR) is 84.6 cm³/mol. The highest BCUT2D eigenvalue weighted by atomic mass is 32.1. The van der Waals surface area contributed by atoms with E-state index in [0.29, 0.717) is 12.2 Å². The number of amides is 1. The van der Waals surface area contributed by atoms with Gasteiger partial charge in [-0.1, -0.05) is 20.8 Å². The maximum atomic E-state index is 12.0. The minimum Gasteiger partial charge on any atom is -0.344 e. The van der Waals surface area contributed by atoms with Crippen LogP contribution in [0.25, 0.3) is 0 Å². The first kappa shape index (κ1) is 15.7. The molecule has 2 aromatic heterocycles. The number of nitrogens with one attached hydrogen (secondary N) is 1. The number of hydrogen-bond acceptors (Lipinski definition) is 4. The fraction of sp³-hybridized carbons (Fsp3) is 0.533. The number of thiazole rings is 1. The zero-order valence-electron chi connectivity index (χ0n) is 13.2. The lowest BCUT2D eigenvalue weighted by atomic mass is 9.93. The Bertz CT molecular complexity index is 622. The van der Waals surface area contributed by atoms with Gasteiger partial charge in [0.05, 0.1) is 12.2 Å². The van der Waals surface area contributed by atoms with Crippen molar-refractivity contribution in [1.82, 2.24) is 20.1 Å². The second kappa shape index (κ2) is 5.97. The van der Waals surface area contributed by atoms with E-state index >= 15 is 0 Å². The SMILES string of the molecule is CC(C)n1ccc(C(=O)NCc2nc(C(C)(C)C)cs2)n1. The predicted octanol–water partition coefficient (Wildman–Crippen LogP) is 3.15. The van der Waals surface area contributed by atoms with Crippen molar-refractivity contribution >= 4 is 17.2 Å². The Labute approximate surface area is 129 Å². The van der Waals surface area contributed by atoms with E-state index in [0.717, 1.165) is 10.7 Å². The van der Waals surface area contributed by atoms with Crippen LogP contribution in [0.5, 0.6) is 0 Å². The topological polar surface area (TPSA) is 59.8 Å². The molecule has 0 saturated carbocycles. The third kappa shape index (κ3) is 3.91. The summed E-state index contributed by atoms with van der Waals surface area (Å²) < 4.78 is 1.77. The molecule has 0 bridgehead atoms. The summed E-state index contributed by atoms with van der Waals surface area (Å²) in [7, 11) is 0. The molecule has 21 heavy (non-hydrogen) atoms. The quantitative estimate of drug-likeness (QED) is 0.944. The molecule has 0 aliphatic rings. The van der Waals surface area contributed by atoms with Crippen molar-refractivity contribution in [3.05, 3.63) is 34.0 Å². The molecule has 0 atom stereocenters. The summed E-state index contributed by atoms with van der Waals surface area (Å²) >= 11 is 1.57. The van der Waals surface area contributed by atoms with Crippen LogP contribution in [0, 0.1) is 0 Å². The van der Waals surface area contributed by atoms with E-state index in [4.69, 9.17) is 0 Å². The molecule has 0 aromatic carbocycles. The van der Waals surface area contributed by atoms with E-state index in [1.807, 2.05) is 20.0 Å². The maximum Gasteiger partial charge on any atom is 0.272 e. The molecule has 0 radical (unpaired) electrons. The van der Waals surface area contributed by atoms with E-state index in [9.17, 15) is 4.79 Å². The van der Waals surface area contributed by atoms with Crippen LogP contribution in [0.1, 0.15) is 61.9 Å². The molecule has 2 aromatic rings. The fourth-order valence-electron chi connectivity index (χ4n) is 1.73. The summed E-state index contributed by atoms with van der Waals surface area (Å²) in [6.07, 6.45) is 1.82. The van der Waals surface area contributed by atoms with Gasteiger partial charge in [-0.2, -0.15) is 5.10 Å². The first-order chi connectivity index (χ1) is 9.77. The lowest BCUT2D eigenvalue weighted by Gasteiger charge is -2.14. The summed E-state index contributed by atoms with van der Waals surface area (Å²) in [6, 6.07) is 1.98. The van der Waals surface area contributed by atoms with Gasteiger partial charge in [-0.05, 0) is 19.9 Å². The van der Waals surface area contributed by atoms with Gasteiger partial charge in [-0.25, -0.2) is 4.98 Å². The van der Waals surface area contributed by atoms with E-state index < -0.39 is 0 Å². The zero-order chi connectivity index (χ0) is 15.6. The van der Waals surface area contributed by atoms with Gasteiger partial charge >= 0.3 is 0 Å². The molecular formula is C15H22N4OS. The van der Waals surface area contributed by atoms with Crippen molar-refractivity contribution in [1.29, 1.82) is 0 Å². The molecule has 0 unspecified atom stereocenters. The van der Waals surface area contributed by atoms with Crippen LogP contribution in [0.4, 0.5) is 0 Å². The molecule has 1 N–H and O–H groups in total. The van der Waals surface area contributed by atoms with Gasteiger partial charge < -0.3 is 5.32 Å². The van der Waals surface area contributed by atoms with Crippen LogP contribution < -0.4 is 5.32 Å². The Morgan fingerprint density at radius 3 is 2.67 bits per heavy atom. The van der Waals surface area contributed by atoms with Crippen molar-refractivity contribution in [3.63, 3.8) is 0 Å². The largest absolute Gasteiger partial charge is 0.344 e. The molecule has 0 fully saturated rings. The summed E-state index contributed by atoms with van der Waals surface area (Å²) in [6.45, 7) is 10.9. The number of hydrogen-bond donors (Lipinski definition) is 1. The van der Waals surface area contributed by atoms with Crippen molar-refractivity contribution < 1.29 is 4.79 Å². The molecule has 114 valence electrons. The van der Waals surface area contributed by atoms with Crippen molar-refractivity contribution in [3.8, 4) is 0 Å². The molecule has 5 nitrogen and oxygen atoms in total. The molecule has 0 spiro atoms. The first-order valence-electron chi connectivity index (χ1n) is 7.05. The summed E-state index contributed by atoms with van der Waals surface area (Å²) in [4.78, 5) is 16.6. The van der Waals surface area contributed by atoms with Gasteiger partial charge in [-0.15, -0.1) is 11.3 Å². The van der Waals surface area contributed by atoms with Crippen molar-refractivity contribution in [2.45, 2.75) is 52.6 Å². The van der Waals surface area contributed by atoms with Crippen LogP contribution in [0.2, 0.25) is 0 Å².